The van der Waals surface area contributed by atoms with Gasteiger partial charge in [0.05, 0.1) is 23.4 Å². The first-order valence-electron chi connectivity index (χ1n) is 10.8. The lowest BCUT2D eigenvalue weighted by molar-refractivity contribution is 0.0984. The topological polar surface area (TPSA) is 42.4 Å². The second-order valence-corrected chi connectivity index (χ2v) is 9.49. The van der Waals surface area contributed by atoms with Gasteiger partial charge in [0.15, 0.2) is 5.13 Å². The van der Waals surface area contributed by atoms with Crippen molar-refractivity contribution in [2.24, 2.45) is 0 Å². The number of amides is 1. The van der Waals surface area contributed by atoms with Crippen LogP contribution < -0.4 is 9.64 Å². The lowest BCUT2D eigenvalue weighted by atomic mass is 10.1. The number of benzene rings is 3. The van der Waals surface area contributed by atoms with Crippen LogP contribution in [0.25, 0.3) is 10.2 Å². The smallest absolute Gasteiger partial charge is 0.260 e. The molecule has 4 nitrogen and oxygen atoms in total. The summed E-state index contributed by atoms with van der Waals surface area (Å²) in [7, 11) is 0. The molecule has 0 aliphatic rings. The van der Waals surface area contributed by atoms with Crippen molar-refractivity contribution in [3.8, 4) is 5.75 Å². The van der Waals surface area contributed by atoms with Gasteiger partial charge in [0.1, 0.15) is 5.75 Å². The summed E-state index contributed by atoms with van der Waals surface area (Å²) in [5, 5.41) is 0.682. The Morgan fingerprint density at radius 3 is 2.69 bits per heavy atom. The van der Waals surface area contributed by atoms with Crippen LogP contribution in [0.4, 0.5) is 5.13 Å². The minimum Gasteiger partial charge on any atom is -0.494 e. The van der Waals surface area contributed by atoms with Crippen molar-refractivity contribution >= 4 is 48.5 Å². The SMILES string of the molecule is CCCCCOc1cccc(C(=O)N(Cc2ccccc2)c2nc3ccc(Br)cc3s2)c1. The van der Waals surface area contributed by atoms with Gasteiger partial charge in [-0.1, -0.05) is 83.4 Å². The largest absolute Gasteiger partial charge is 0.494 e. The van der Waals surface area contributed by atoms with Crippen molar-refractivity contribution in [3.05, 3.63) is 88.4 Å². The Morgan fingerprint density at radius 1 is 1.03 bits per heavy atom. The summed E-state index contributed by atoms with van der Waals surface area (Å²) in [6, 6.07) is 23.4. The van der Waals surface area contributed by atoms with Crippen molar-refractivity contribution in [2.45, 2.75) is 32.7 Å². The molecular weight excluding hydrogens is 484 g/mol. The number of nitrogens with zero attached hydrogens (tertiary/aromatic N) is 2. The van der Waals surface area contributed by atoms with E-state index in [0.29, 0.717) is 23.8 Å². The molecular formula is C26H25BrN2O2S. The van der Waals surface area contributed by atoms with Gasteiger partial charge in [-0.3, -0.25) is 9.69 Å². The zero-order valence-electron chi connectivity index (χ0n) is 18.0. The fraction of sp³-hybridized carbons (Fsp3) is 0.231. The van der Waals surface area contributed by atoms with Crippen LogP contribution in [0.2, 0.25) is 0 Å². The number of carbonyl (C=O) groups is 1. The van der Waals surface area contributed by atoms with Gasteiger partial charge in [-0.05, 0) is 48.4 Å². The monoisotopic (exact) mass is 508 g/mol. The van der Waals surface area contributed by atoms with E-state index in [0.717, 1.165) is 45.3 Å². The molecule has 4 rings (SSSR count). The van der Waals surface area contributed by atoms with Crippen LogP contribution in [0.15, 0.2) is 77.3 Å². The minimum absolute atomic E-state index is 0.0917. The molecule has 1 heterocycles. The molecule has 0 saturated carbocycles. The lowest BCUT2D eigenvalue weighted by Crippen LogP contribution is -2.30. The van der Waals surface area contributed by atoms with Gasteiger partial charge in [0.25, 0.3) is 5.91 Å². The van der Waals surface area contributed by atoms with Gasteiger partial charge < -0.3 is 4.74 Å². The Bertz CT molecular complexity index is 1190. The number of thiazole rings is 1. The van der Waals surface area contributed by atoms with E-state index in [9.17, 15) is 4.79 Å². The third kappa shape index (κ3) is 5.56. The van der Waals surface area contributed by atoms with Crippen LogP contribution in [-0.2, 0) is 6.54 Å². The number of anilines is 1. The number of rotatable bonds is 9. The molecule has 3 aromatic carbocycles. The summed E-state index contributed by atoms with van der Waals surface area (Å²) in [5.74, 6) is 0.630. The number of carbonyl (C=O) groups excluding carboxylic acids is 1. The molecule has 32 heavy (non-hydrogen) atoms. The maximum absolute atomic E-state index is 13.6. The third-order valence-corrected chi connectivity index (χ3v) is 6.63. The quantitative estimate of drug-likeness (QED) is 0.220. The molecule has 6 heteroatoms. The summed E-state index contributed by atoms with van der Waals surface area (Å²) < 4.78 is 7.90. The number of hydrogen-bond donors (Lipinski definition) is 0. The Kier molecular flexibility index (Phi) is 7.55. The maximum Gasteiger partial charge on any atom is 0.260 e. The van der Waals surface area contributed by atoms with E-state index in [1.807, 2.05) is 72.8 Å². The second kappa shape index (κ2) is 10.7. The number of fused-ring (bicyclic) bond motifs is 1. The molecule has 0 fully saturated rings. The highest BCUT2D eigenvalue weighted by Gasteiger charge is 2.22. The average molecular weight is 509 g/mol. The number of unbranched alkanes of at least 4 members (excludes halogenated alkanes) is 2. The Hall–Kier alpha value is -2.70. The molecule has 0 saturated heterocycles. The van der Waals surface area contributed by atoms with Crippen LogP contribution in [0.3, 0.4) is 0 Å². The fourth-order valence-corrected chi connectivity index (χ4v) is 4.93. The van der Waals surface area contributed by atoms with Crippen LogP contribution in [0.5, 0.6) is 5.75 Å². The van der Waals surface area contributed by atoms with Gasteiger partial charge in [-0.25, -0.2) is 4.98 Å². The highest BCUT2D eigenvalue weighted by molar-refractivity contribution is 9.10. The summed E-state index contributed by atoms with van der Waals surface area (Å²) >= 11 is 5.04. The summed E-state index contributed by atoms with van der Waals surface area (Å²) in [6.45, 7) is 3.27. The highest BCUT2D eigenvalue weighted by atomic mass is 79.9. The first-order chi connectivity index (χ1) is 15.6. The van der Waals surface area contributed by atoms with Crippen molar-refractivity contribution in [3.63, 3.8) is 0 Å². The van der Waals surface area contributed by atoms with Crippen LogP contribution in [0.1, 0.15) is 42.1 Å². The second-order valence-electron chi connectivity index (χ2n) is 7.57. The highest BCUT2D eigenvalue weighted by Crippen LogP contribution is 2.32. The lowest BCUT2D eigenvalue weighted by Gasteiger charge is -2.20. The molecule has 1 aromatic heterocycles. The summed E-state index contributed by atoms with van der Waals surface area (Å²) in [6.07, 6.45) is 3.29. The molecule has 0 spiro atoms. The van der Waals surface area contributed by atoms with E-state index in [-0.39, 0.29) is 5.91 Å². The van der Waals surface area contributed by atoms with Crippen LogP contribution >= 0.6 is 27.3 Å². The molecule has 4 aromatic rings. The molecule has 0 atom stereocenters. The van der Waals surface area contributed by atoms with Gasteiger partial charge >= 0.3 is 0 Å². The predicted octanol–water partition coefficient (Wildman–Crippen LogP) is 7.47. The third-order valence-electron chi connectivity index (χ3n) is 5.10. The number of hydrogen-bond acceptors (Lipinski definition) is 4. The van der Waals surface area contributed by atoms with Gasteiger partial charge in [0, 0.05) is 10.0 Å². The molecule has 0 radical (unpaired) electrons. The Labute approximate surface area is 201 Å². The van der Waals surface area contributed by atoms with E-state index in [2.05, 4.69) is 22.9 Å². The zero-order chi connectivity index (χ0) is 22.3. The van der Waals surface area contributed by atoms with Crippen molar-refractivity contribution in [2.75, 3.05) is 11.5 Å². The predicted molar refractivity (Wildman–Crippen MR) is 136 cm³/mol. The fourth-order valence-electron chi connectivity index (χ4n) is 3.41. The standard InChI is InChI=1S/C26H25BrN2O2S/c1-2-3-7-15-31-22-12-8-11-20(16-22)25(30)29(18-19-9-5-4-6-10-19)26-28-23-14-13-21(27)17-24(23)32-26/h4-6,8-14,16-17H,2-3,7,15,18H2,1H3. The molecule has 0 unspecified atom stereocenters. The zero-order valence-corrected chi connectivity index (χ0v) is 20.4. The number of aromatic nitrogens is 1. The molecule has 164 valence electrons. The van der Waals surface area contributed by atoms with E-state index < -0.39 is 0 Å². The molecule has 1 amide bonds. The van der Waals surface area contributed by atoms with Crippen molar-refractivity contribution in [1.29, 1.82) is 0 Å². The van der Waals surface area contributed by atoms with E-state index in [1.165, 1.54) is 11.3 Å². The summed E-state index contributed by atoms with van der Waals surface area (Å²) in [4.78, 5) is 20.2. The number of halogens is 1. The first-order valence-corrected chi connectivity index (χ1v) is 12.4. The van der Waals surface area contributed by atoms with E-state index in [4.69, 9.17) is 9.72 Å². The van der Waals surface area contributed by atoms with Gasteiger partial charge in [-0.2, -0.15) is 0 Å². The minimum atomic E-state index is -0.0917. The van der Waals surface area contributed by atoms with Crippen molar-refractivity contribution < 1.29 is 9.53 Å². The molecule has 0 N–H and O–H groups in total. The van der Waals surface area contributed by atoms with Crippen LogP contribution in [-0.4, -0.2) is 17.5 Å². The van der Waals surface area contributed by atoms with Gasteiger partial charge in [0.2, 0.25) is 0 Å². The van der Waals surface area contributed by atoms with Crippen LogP contribution in [0, 0.1) is 0 Å². The Morgan fingerprint density at radius 2 is 1.88 bits per heavy atom. The molecule has 0 aliphatic heterocycles. The molecule has 0 bridgehead atoms. The average Bonchev–Trinajstić information content (AvgIpc) is 3.23. The van der Waals surface area contributed by atoms with Gasteiger partial charge in [-0.15, -0.1) is 0 Å². The number of ether oxygens (including phenoxy) is 1. The normalized spacial score (nSPS) is 10.9. The maximum atomic E-state index is 13.6. The molecule has 0 aliphatic carbocycles. The van der Waals surface area contributed by atoms with E-state index >= 15 is 0 Å². The summed E-state index contributed by atoms with van der Waals surface area (Å²) in [5.41, 5.74) is 2.52. The Balaban J connectivity index is 1.64. The van der Waals surface area contributed by atoms with E-state index in [1.54, 1.807) is 4.90 Å². The first kappa shape index (κ1) is 22.5. The van der Waals surface area contributed by atoms with Crippen molar-refractivity contribution in [1.82, 2.24) is 4.98 Å².